The van der Waals surface area contributed by atoms with Crippen LogP contribution in [0.2, 0.25) is 0 Å². The van der Waals surface area contributed by atoms with Crippen LogP contribution in [-0.2, 0) is 9.53 Å². The Bertz CT molecular complexity index is 430. The highest BCUT2D eigenvalue weighted by Gasteiger charge is 2.81. The van der Waals surface area contributed by atoms with E-state index in [9.17, 15) is 44.3 Å². The number of ether oxygens (including phenoxy) is 1. The van der Waals surface area contributed by atoms with Gasteiger partial charge in [0.1, 0.15) is 0 Å². The predicted octanol–water partition coefficient (Wildman–Crippen LogP) is 5.13. The molecule has 0 N–H and O–H groups in total. The van der Waals surface area contributed by atoms with Gasteiger partial charge in [0.05, 0.1) is 6.61 Å². The van der Waals surface area contributed by atoms with Gasteiger partial charge >= 0.3 is 29.9 Å². The van der Waals surface area contributed by atoms with Gasteiger partial charge in [-0.05, 0) is 12.8 Å². The summed E-state index contributed by atoms with van der Waals surface area (Å²) < 4.78 is 117. The van der Waals surface area contributed by atoms with Crippen LogP contribution in [0.1, 0.15) is 32.1 Å². The summed E-state index contributed by atoms with van der Waals surface area (Å²) in [5.74, 6) is -19.7. The molecule has 0 amide bonds. The highest BCUT2D eigenvalue weighted by atomic mass is 19.4. The standard InChI is InChI=1S/C13H15F9O2/c1-2-9(23)24-8-6-4-3-5-7-10(14,15)11(16,17)12(18,19)13(20,21)22/h2H,1,3-8H2. The fourth-order valence-corrected chi connectivity index (χ4v) is 1.60. The van der Waals surface area contributed by atoms with E-state index in [-0.39, 0.29) is 25.9 Å². The van der Waals surface area contributed by atoms with Crippen molar-refractivity contribution < 1.29 is 49.0 Å². The van der Waals surface area contributed by atoms with Crippen molar-refractivity contribution in [3.63, 3.8) is 0 Å². The highest BCUT2D eigenvalue weighted by Crippen LogP contribution is 2.54. The van der Waals surface area contributed by atoms with Crippen molar-refractivity contribution in [3.05, 3.63) is 12.7 Å². The number of carbonyl (C=O) groups is 1. The molecule has 142 valence electrons. The molecule has 0 aromatic heterocycles. The molecule has 2 nitrogen and oxygen atoms in total. The van der Waals surface area contributed by atoms with Gasteiger partial charge in [-0.1, -0.05) is 19.4 Å². The summed E-state index contributed by atoms with van der Waals surface area (Å²) in [6.07, 6.45) is -8.29. The minimum atomic E-state index is -6.84. The molecule has 0 spiro atoms. The van der Waals surface area contributed by atoms with E-state index >= 15 is 0 Å². The second-order valence-corrected chi connectivity index (χ2v) is 4.89. The maximum Gasteiger partial charge on any atom is 0.460 e. The van der Waals surface area contributed by atoms with Gasteiger partial charge in [0.15, 0.2) is 0 Å². The largest absolute Gasteiger partial charge is 0.463 e. The lowest BCUT2D eigenvalue weighted by Gasteiger charge is -2.33. The van der Waals surface area contributed by atoms with Crippen molar-refractivity contribution in [2.24, 2.45) is 0 Å². The first-order chi connectivity index (χ1) is 10.7. The van der Waals surface area contributed by atoms with Crippen molar-refractivity contribution in [2.75, 3.05) is 6.61 Å². The van der Waals surface area contributed by atoms with Crippen molar-refractivity contribution >= 4 is 5.97 Å². The molecule has 24 heavy (non-hydrogen) atoms. The van der Waals surface area contributed by atoms with Gasteiger partial charge in [-0.15, -0.1) is 0 Å². The maximum absolute atomic E-state index is 13.1. The summed E-state index contributed by atoms with van der Waals surface area (Å²) in [4.78, 5) is 10.6. The third-order valence-corrected chi connectivity index (χ3v) is 3.01. The zero-order chi connectivity index (χ0) is 19.2. The van der Waals surface area contributed by atoms with E-state index in [0.717, 1.165) is 6.08 Å². The topological polar surface area (TPSA) is 26.3 Å². The molecular weight excluding hydrogens is 359 g/mol. The highest BCUT2D eigenvalue weighted by molar-refractivity contribution is 5.81. The fourth-order valence-electron chi connectivity index (χ4n) is 1.60. The molecule has 0 aliphatic heterocycles. The molecular formula is C13H15F9O2. The molecule has 0 aromatic rings. The smallest absolute Gasteiger partial charge is 0.460 e. The SMILES string of the molecule is C=CC(=O)OCCCCCCC(F)(F)C(F)(F)C(F)(F)C(F)(F)F. The summed E-state index contributed by atoms with van der Waals surface area (Å²) in [5.41, 5.74) is 0. The van der Waals surface area contributed by atoms with Crippen molar-refractivity contribution in [1.82, 2.24) is 0 Å². The summed E-state index contributed by atoms with van der Waals surface area (Å²) >= 11 is 0. The first kappa shape index (κ1) is 22.6. The van der Waals surface area contributed by atoms with E-state index in [1.165, 1.54) is 0 Å². The van der Waals surface area contributed by atoms with E-state index in [4.69, 9.17) is 0 Å². The average molecular weight is 374 g/mol. The number of alkyl halides is 9. The van der Waals surface area contributed by atoms with E-state index in [1.807, 2.05) is 0 Å². The Morgan fingerprint density at radius 3 is 1.79 bits per heavy atom. The Kier molecular flexibility index (Phi) is 7.63. The molecule has 0 heterocycles. The monoisotopic (exact) mass is 374 g/mol. The Balaban J connectivity index is 4.44. The van der Waals surface area contributed by atoms with Crippen LogP contribution in [0.3, 0.4) is 0 Å². The lowest BCUT2D eigenvalue weighted by Crippen LogP contribution is -2.60. The first-order valence-corrected chi connectivity index (χ1v) is 6.70. The molecule has 0 bridgehead atoms. The molecule has 11 heteroatoms. The third-order valence-electron chi connectivity index (χ3n) is 3.01. The van der Waals surface area contributed by atoms with Crippen LogP contribution in [0.25, 0.3) is 0 Å². The number of unbranched alkanes of at least 4 members (excludes halogenated alkanes) is 3. The third kappa shape index (κ3) is 5.30. The predicted molar refractivity (Wildman–Crippen MR) is 65.1 cm³/mol. The zero-order valence-corrected chi connectivity index (χ0v) is 12.2. The van der Waals surface area contributed by atoms with Gasteiger partial charge in [-0.3, -0.25) is 0 Å². The molecule has 0 saturated carbocycles. The van der Waals surface area contributed by atoms with Gasteiger partial charge in [-0.2, -0.15) is 39.5 Å². The van der Waals surface area contributed by atoms with Crippen LogP contribution < -0.4 is 0 Å². The lowest BCUT2D eigenvalue weighted by atomic mass is 9.98. The molecule has 0 radical (unpaired) electrons. The minimum absolute atomic E-state index is 0.0937. The Hall–Kier alpha value is -1.42. The molecule has 0 aliphatic carbocycles. The number of hydrogen-bond donors (Lipinski definition) is 0. The molecule has 0 fully saturated rings. The number of rotatable bonds is 10. The molecule has 0 saturated heterocycles. The van der Waals surface area contributed by atoms with Gasteiger partial charge in [-0.25, -0.2) is 4.79 Å². The Morgan fingerprint density at radius 1 is 0.833 bits per heavy atom. The van der Waals surface area contributed by atoms with E-state index in [2.05, 4.69) is 11.3 Å². The minimum Gasteiger partial charge on any atom is -0.463 e. The Morgan fingerprint density at radius 2 is 1.33 bits per heavy atom. The molecule has 0 rings (SSSR count). The van der Waals surface area contributed by atoms with E-state index in [1.54, 1.807) is 0 Å². The van der Waals surface area contributed by atoms with E-state index < -0.39 is 42.8 Å². The molecule has 0 aliphatic rings. The van der Waals surface area contributed by atoms with Crippen LogP contribution in [0.4, 0.5) is 39.5 Å². The van der Waals surface area contributed by atoms with Crippen molar-refractivity contribution in [3.8, 4) is 0 Å². The second-order valence-electron chi connectivity index (χ2n) is 4.89. The summed E-state index contributed by atoms with van der Waals surface area (Å²) in [7, 11) is 0. The van der Waals surface area contributed by atoms with Crippen LogP contribution in [-0.4, -0.2) is 36.5 Å². The summed E-state index contributed by atoms with van der Waals surface area (Å²) in [6, 6.07) is 0. The normalized spacial score (nSPS) is 13.7. The fraction of sp³-hybridized carbons (Fsp3) is 0.769. The van der Waals surface area contributed by atoms with Crippen LogP contribution in [0.5, 0.6) is 0 Å². The van der Waals surface area contributed by atoms with Gasteiger partial charge in [0, 0.05) is 12.5 Å². The van der Waals surface area contributed by atoms with Crippen LogP contribution >= 0.6 is 0 Å². The quantitative estimate of drug-likeness (QED) is 0.229. The summed E-state index contributed by atoms with van der Waals surface area (Å²) in [6.45, 7) is 3.01. The van der Waals surface area contributed by atoms with Crippen molar-refractivity contribution in [1.29, 1.82) is 0 Å². The Labute approximate surface area is 131 Å². The zero-order valence-electron chi connectivity index (χ0n) is 12.2. The van der Waals surface area contributed by atoms with Crippen LogP contribution in [0, 0.1) is 0 Å². The number of halogens is 9. The van der Waals surface area contributed by atoms with Gasteiger partial charge in [0.25, 0.3) is 0 Å². The second kappa shape index (κ2) is 8.11. The molecule has 0 atom stereocenters. The number of esters is 1. The van der Waals surface area contributed by atoms with Gasteiger partial charge < -0.3 is 4.74 Å². The van der Waals surface area contributed by atoms with Crippen molar-refractivity contribution in [2.45, 2.75) is 56.0 Å². The average Bonchev–Trinajstić information content (AvgIpc) is 2.44. The maximum atomic E-state index is 13.1. The lowest BCUT2D eigenvalue weighted by molar-refractivity contribution is -0.396. The van der Waals surface area contributed by atoms with Crippen LogP contribution in [0.15, 0.2) is 12.7 Å². The van der Waals surface area contributed by atoms with E-state index in [0.29, 0.717) is 0 Å². The summed E-state index contributed by atoms with van der Waals surface area (Å²) in [5, 5.41) is 0. The number of hydrogen-bond acceptors (Lipinski definition) is 2. The molecule has 0 aromatic carbocycles. The molecule has 0 unspecified atom stereocenters. The van der Waals surface area contributed by atoms with Gasteiger partial charge in [0.2, 0.25) is 0 Å². The number of carbonyl (C=O) groups excluding carboxylic acids is 1. The first-order valence-electron chi connectivity index (χ1n) is 6.70.